The summed E-state index contributed by atoms with van der Waals surface area (Å²) >= 11 is 3.20. The van der Waals surface area contributed by atoms with E-state index in [2.05, 4.69) is 20.5 Å². The number of thioether (sulfide) groups is 1. The number of ether oxygens (including phenoxy) is 1. The molecule has 36 heavy (non-hydrogen) atoms. The molecule has 0 atom stereocenters. The average Bonchev–Trinajstić information content (AvgIpc) is 3.61. The molecule has 2 aromatic carbocycles. The molecule has 1 N–H and O–H groups in total. The van der Waals surface area contributed by atoms with E-state index in [0.29, 0.717) is 17.9 Å². The van der Waals surface area contributed by atoms with Gasteiger partial charge in [0, 0.05) is 30.3 Å². The number of rotatable bonds is 9. The molecule has 3 aromatic heterocycles. The standard InChI is InChI=1S/C27H23N5O2S2/c1-34-23-6-3-2-5-22(23)32-25(24-7-4-16-35-24)30-31-27(32)36-18-20-8-10-21(11-9-20)26(33)29-17-19-12-14-28-15-13-19/h2-16H,17-18H2,1H3,(H,29,33). The first-order chi connectivity index (χ1) is 17.7. The van der Waals surface area contributed by atoms with E-state index in [1.807, 2.05) is 82.7 Å². The number of thiophene rings is 1. The van der Waals surface area contributed by atoms with Crippen LogP contribution >= 0.6 is 23.1 Å². The molecule has 0 saturated heterocycles. The van der Waals surface area contributed by atoms with Gasteiger partial charge in [0.2, 0.25) is 0 Å². The summed E-state index contributed by atoms with van der Waals surface area (Å²) in [6, 6.07) is 23.3. The van der Waals surface area contributed by atoms with Gasteiger partial charge in [0.15, 0.2) is 11.0 Å². The zero-order valence-electron chi connectivity index (χ0n) is 19.5. The van der Waals surface area contributed by atoms with Crippen LogP contribution in [0.1, 0.15) is 21.5 Å². The van der Waals surface area contributed by atoms with E-state index >= 15 is 0 Å². The highest BCUT2D eigenvalue weighted by atomic mass is 32.2. The van der Waals surface area contributed by atoms with Crippen LogP contribution in [-0.2, 0) is 12.3 Å². The summed E-state index contributed by atoms with van der Waals surface area (Å²) < 4.78 is 7.66. The summed E-state index contributed by atoms with van der Waals surface area (Å²) in [5, 5.41) is 14.7. The number of amides is 1. The lowest BCUT2D eigenvalue weighted by molar-refractivity contribution is 0.0951. The number of para-hydroxylation sites is 2. The van der Waals surface area contributed by atoms with Gasteiger partial charge < -0.3 is 10.1 Å². The lowest BCUT2D eigenvalue weighted by atomic mass is 10.1. The van der Waals surface area contributed by atoms with E-state index in [0.717, 1.165) is 38.4 Å². The van der Waals surface area contributed by atoms with Crippen molar-refractivity contribution in [3.05, 3.63) is 107 Å². The van der Waals surface area contributed by atoms with Crippen molar-refractivity contribution >= 4 is 29.0 Å². The quantitative estimate of drug-likeness (QED) is 0.258. The normalized spacial score (nSPS) is 10.8. The Morgan fingerprint density at radius 1 is 0.972 bits per heavy atom. The van der Waals surface area contributed by atoms with Crippen molar-refractivity contribution in [3.63, 3.8) is 0 Å². The molecule has 9 heteroatoms. The Morgan fingerprint density at radius 3 is 2.53 bits per heavy atom. The largest absolute Gasteiger partial charge is 0.495 e. The van der Waals surface area contributed by atoms with Gasteiger partial charge in [0.05, 0.1) is 17.7 Å². The molecule has 0 aliphatic carbocycles. The molecule has 180 valence electrons. The molecule has 3 heterocycles. The van der Waals surface area contributed by atoms with Crippen molar-refractivity contribution in [1.29, 1.82) is 0 Å². The summed E-state index contributed by atoms with van der Waals surface area (Å²) in [7, 11) is 1.66. The Bertz CT molecular complexity index is 1440. The predicted octanol–water partition coefficient (Wildman–Crippen LogP) is 5.62. The zero-order chi connectivity index (χ0) is 24.7. The fourth-order valence-corrected chi connectivity index (χ4v) is 5.24. The Kier molecular flexibility index (Phi) is 7.39. The fraction of sp³-hybridized carbons (Fsp3) is 0.111. The Labute approximate surface area is 217 Å². The summed E-state index contributed by atoms with van der Waals surface area (Å²) in [5.74, 6) is 2.09. The highest BCUT2D eigenvalue weighted by molar-refractivity contribution is 7.98. The maximum absolute atomic E-state index is 12.5. The number of carbonyl (C=O) groups is 1. The number of aromatic nitrogens is 4. The van der Waals surface area contributed by atoms with Crippen LogP contribution in [0.5, 0.6) is 5.75 Å². The highest BCUT2D eigenvalue weighted by Crippen LogP contribution is 2.35. The maximum atomic E-state index is 12.5. The second-order valence-corrected chi connectivity index (χ2v) is 9.70. The number of methoxy groups -OCH3 is 1. The van der Waals surface area contributed by atoms with Crippen molar-refractivity contribution in [2.75, 3.05) is 7.11 Å². The predicted molar refractivity (Wildman–Crippen MR) is 143 cm³/mol. The van der Waals surface area contributed by atoms with Gasteiger partial charge in [0.25, 0.3) is 5.91 Å². The number of nitrogens with one attached hydrogen (secondary N) is 1. The third kappa shape index (κ3) is 5.32. The van der Waals surface area contributed by atoms with Crippen molar-refractivity contribution in [3.8, 4) is 22.1 Å². The Balaban J connectivity index is 1.31. The van der Waals surface area contributed by atoms with Gasteiger partial charge in [-0.25, -0.2) is 0 Å². The van der Waals surface area contributed by atoms with Crippen molar-refractivity contribution in [1.82, 2.24) is 25.1 Å². The molecule has 1 amide bonds. The molecular weight excluding hydrogens is 490 g/mol. The second-order valence-electron chi connectivity index (χ2n) is 7.81. The van der Waals surface area contributed by atoms with Gasteiger partial charge >= 0.3 is 0 Å². The van der Waals surface area contributed by atoms with Crippen molar-refractivity contribution in [2.24, 2.45) is 0 Å². The number of pyridine rings is 1. The van der Waals surface area contributed by atoms with Gasteiger partial charge in [0.1, 0.15) is 5.75 Å². The van der Waals surface area contributed by atoms with E-state index in [1.54, 1.807) is 42.6 Å². The minimum absolute atomic E-state index is 0.109. The summed E-state index contributed by atoms with van der Waals surface area (Å²) in [6.45, 7) is 0.462. The van der Waals surface area contributed by atoms with Crippen LogP contribution in [0.2, 0.25) is 0 Å². The minimum atomic E-state index is -0.109. The topological polar surface area (TPSA) is 81.9 Å². The SMILES string of the molecule is COc1ccccc1-n1c(SCc2ccc(C(=O)NCc3ccncc3)cc2)nnc1-c1cccs1. The van der Waals surface area contributed by atoms with Crippen LogP contribution in [-0.4, -0.2) is 32.8 Å². The Hall–Kier alpha value is -3.95. The van der Waals surface area contributed by atoms with Gasteiger partial charge in [-0.3, -0.25) is 14.3 Å². The molecule has 5 rings (SSSR count). The van der Waals surface area contributed by atoms with Gasteiger partial charge in [-0.2, -0.15) is 0 Å². The number of hydrogen-bond donors (Lipinski definition) is 1. The number of nitrogens with zero attached hydrogens (tertiary/aromatic N) is 4. The molecule has 0 fully saturated rings. The smallest absolute Gasteiger partial charge is 0.251 e. The van der Waals surface area contributed by atoms with Crippen LogP contribution in [0.15, 0.2) is 95.7 Å². The number of hydrogen-bond acceptors (Lipinski definition) is 7. The maximum Gasteiger partial charge on any atom is 0.251 e. The Morgan fingerprint density at radius 2 is 1.78 bits per heavy atom. The van der Waals surface area contributed by atoms with Crippen LogP contribution in [0, 0.1) is 0 Å². The second kappa shape index (κ2) is 11.2. The zero-order valence-corrected chi connectivity index (χ0v) is 21.1. The van der Waals surface area contributed by atoms with E-state index in [9.17, 15) is 4.79 Å². The van der Waals surface area contributed by atoms with Crippen molar-refractivity contribution in [2.45, 2.75) is 17.5 Å². The van der Waals surface area contributed by atoms with Crippen LogP contribution < -0.4 is 10.1 Å². The van der Waals surface area contributed by atoms with Gasteiger partial charge in [-0.15, -0.1) is 21.5 Å². The summed E-state index contributed by atoms with van der Waals surface area (Å²) in [5.41, 5.74) is 3.59. The first-order valence-corrected chi connectivity index (χ1v) is 13.1. The molecular formula is C27H23N5O2S2. The third-order valence-corrected chi connectivity index (χ3v) is 7.35. The average molecular weight is 514 g/mol. The van der Waals surface area contributed by atoms with E-state index in [4.69, 9.17) is 4.74 Å². The fourth-order valence-electron chi connectivity index (χ4n) is 3.65. The third-order valence-electron chi connectivity index (χ3n) is 5.49. The molecule has 5 aromatic rings. The first-order valence-electron chi connectivity index (χ1n) is 11.2. The molecule has 0 saturated carbocycles. The molecule has 0 radical (unpaired) electrons. The van der Waals surface area contributed by atoms with Crippen molar-refractivity contribution < 1.29 is 9.53 Å². The monoisotopic (exact) mass is 513 g/mol. The summed E-state index contributed by atoms with van der Waals surface area (Å²) in [4.78, 5) is 17.5. The van der Waals surface area contributed by atoms with E-state index < -0.39 is 0 Å². The number of benzene rings is 2. The first kappa shape index (κ1) is 23.8. The van der Waals surface area contributed by atoms with Crippen LogP contribution in [0.25, 0.3) is 16.4 Å². The molecule has 0 bridgehead atoms. The molecule has 0 spiro atoms. The van der Waals surface area contributed by atoms with E-state index in [-0.39, 0.29) is 5.91 Å². The lowest BCUT2D eigenvalue weighted by Gasteiger charge is -2.13. The van der Waals surface area contributed by atoms with Gasteiger partial charge in [-0.1, -0.05) is 42.1 Å². The summed E-state index contributed by atoms with van der Waals surface area (Å²) in [6.07, 6.45) is 3.43. The van der Waals surface area contributed by atoms with Crippen LogP contribution in [0.4, 0.5) is 0 Å². The molecule has 0 aliphatic rings. The molecule has 0 aliphatic heterocycles. The van der Waals surface area contributed by atoms with Gasteiger partial charge in [-0.05, 0) is 59.0 Å². The molecule has 0 unspecified atom stereocenters. The molecule has 7 nitrogen and oxygen atoms in total. The highest BCUT2D eigenvalue weighted by Gasteiger charge is 2.19. The number of carbonyl (C=O) groups excluding carboxylic acids is 1. The van der Waals surface area contributed by atoms with E-state index in [1.165, 1.54) is 0 Å². The van der Waals surface area contributed by atoms with Crippen LogP contribution in [0.3, 0.4) is 0 Å². The minimum Gasteiger partial charge on any atom is -0.495 e. The lowest BCUT2D eigenvalue weighted by Crippen LogP contribution is -2.22.